The maximum absolute atomic E-state index is 12.1. The van der Waals surface area contributed by atoms with Gasteiger partial charge in [0.05, 0.1) is 6.04 Å². The van der Waals surface area contributed by atoms with Gasteiger partial charge in [0.15, 0.2) is 5.82 Å². The van der Waals surface area contributed by atoms with Crippen LogP contribution in [0.2, 0.25) is 0 Å². The fraction of sp³-hybridized carbons (Fsp3) is 0.412. The number of nitrogens with zero attached hydrogens (tertiary/aromatic N) is 1. The lowest BCUT2D eigenvalue weighted by atomic mass is 10.0. The van der Waals surface area contributed by atoms with Crippen LogP contribution in [0, 0.1) is 20.8 Å². The smallest absolute Gasteiger partial charge is 0.340 e. The molecule has 8 heteroatoms. The van der Waals surface area contributed by atoms with Gasteiger partial charge in [-0.2, -0.15) is 5.10 Å². The fourth-order valence-corrected chi connectivity index (χ4v) is 2.68. The van der Waals surface area contributed by atoms with Crippen molar-refractivity contribution in [2.45, 2.75) is 46.6 Å². The Bertz CT molecular complexity index is 814. The minimum atomic E-state index is -0.448. The third-order valence-corrected chi connectivity index (χ3v) is 3.83. The number of nitrogens with one attached hydrogen (secondary N) is 4. The van der Waals surface area contributed by atoms with Crippen LogP contribution in [0.25, 0.3) is 0 Å². The number of aromatic amines is 2. The number of aromatic nitrogens is 3. The number of rotatable bonds is 6. The molecule has 2 rings (SSSR count). The maximum atomic E-state index is 12.1. The predicted octanol–water partition coefficient (Wildman–Crippen LogP) is 1.62. The number of amides is 2. The molecular weight excluding hydrogens is 322 g/mol. The van der Waals surface area contributed by atoms with Crippen LogP contribution in [0.3, 0.4) is 0 Å². The molecule has 1 aromatic heterocycles. The molecule has 0 unspecified atom stereocenters. The molecule has 1 heterocycles. The highest BCUT2D eigenvalue weighted by Gasteiger charge is 2.15. The molecule has 8 nitrogen and oxygen atoms in total. The summed E-state index contributed by atoms with van der Waals surface area (Å²) in [5.41, 5.74) is 3.48. The van der Waals surface area contributed by atoms with Crippen LogP contribution in [0.15, 0.2) is 16.9 Å². The summed E-state index contributed by atoms with van der Waals surface area (Å²) in [6.45, 7) is 7.58. The zero-order valence-corrected chi connectivity index (χ0v) is 14.8. The van der Waals surface area contributed by atoms with Crippen molar-refractivity contribution in [3.63, 3.8) is 0 Å². The van der Waals surface area contributed by atoms with Crippen molar-refractivity contribution in [1.82, 2.24) is 20.5 Å². The molecule has 0 aliphatic heterocycles. The van der Waals surface area contributed by atoms with Gasteiger partial charge in [0.1, 0.15) is 0 Å². The minimum absolute atomic E-state index is 0.0504. The first-order chi connectivity index (χ1) is 11.8. The Morgan fingerprint density at radius 1 is 1.12 bits per heavy atom. The molecule has 0 saturated carbocycles. The summed E-state index contributed by atoms with van der Waals surface area (Å²) in [4.78, 5) is 37.5. The van der Waals surface area contributed by atoms with E-state index in [-0.39, 0.29) is 24.7 Å². The number of hydrogen-bond donors (Lipinski definition) is 4. The van der Waals surface area contributed by atoms with Gasteiger partial charge < -0.3 is 10.6 Å². The van der Waals surface area contributed by atoms with E-state index in [0.717, 1.165) is 22.4 Å². The second kappa shape index (κ2) is 7.78. The maximum Gasteiger partial charge on any atom is 0.340 e. The Morgan fingerprint density at radius 3 is 2.28 bits per heavy atom. The van der Waals surface area contributed by atoms with Crippen molar-refractivity contribution in [3.05, 3.63) is 45.1 Å². The van der Waals surface area contributed by atoms with Crippen LogP contribution in [-0.4, -0.2) is 27.0 Å². The number of hydrogen-bond acceptors (Lipinski definition) is 4. The highest BCUT2D eigenvalue weighted by Crippen LogP contribution is 2.22. The van der Waals surface area contributed by atoms with E-state index in [4.69, 9.17) is 0 Å². The second-order valence-corrected chi connectivity index (χ2v) is 6.17. The van der Waals surface area contributed by atoms with Crippen LogP contribution in [0.4, 0.5) is 5.69 Å². The van der Waals surface area contributed by atoms with Gasteiger partial charge in [-0.3, -0.25) is 14.6 Å². The normalized spacial score (nSPS) is 11.8. The van der Waals surface area contributed by atoms with Crippen molar-refractivity contribution >= 4 is 17.5 Å². The van der Waals surface area contributed by atoms with Gasteiger partial charge in [-0.05, 0) is 38.8 Å². The molecule has 4 N–H and O–H groups in total. The van der Waals surface area contributed by atoms with Gasteiger partial charge in [0.25, 0.3) is 0 Å². The van der Waals surface area contributed by atoms with Crippen molar-refractivity contribution < 1.29 is 9.59 Å². The zero-order chi connectivity index (χ0) is 18.6. The number of aryl methyl sites for hydroxylation is 3. The van der Waals surface area contributed by atoms with E-state index in [0.29, 0.717) is 5.82 Å². The summed E-state index contributed by atoms with van der Waals surface area (Å²) in [7, 11) is 0. The second-order valence-electron chi connectivity index (χ2n) is 6.17. The molecule has 25 heavy (non-hydrogen) atoms. The SMILES string of the molecule is Cc1cc(C)c(NC(=O)CCC(=O)N[C@@H](C)c2n[nH]c(=O)[nH]2)c(C)c1. The Kier molecular flexibility index (Phi) is 5.74. The third kappa shape index (κ3) is 5.03. The van der Waals surface area contributed by atoms with Gasteiger partial charge in [-0.15, -0.1) is 0 Å². The predicted molar refractivity (Wildman–Crippen MR) is 94.3 cm³/mol. The first-order valence-electron chi connectivity index (χ1n) is 8.08. The summed E-state index contributed by atoms with van der Waals surface area (Å²) in [6.07, 6.45) is 0.122. The molecule has 0 fully saturated rings. The number of benzene rings is 1. The van der Waals surface area contributed by atoms with E-state index < -0.39 is 11.7 Å². The van der Waals surface area contributed by atoms with E-state index in [9.17, 15) is 14.4 Å². The molecular formula is C17H23N5O3. The summed E-state index contributed by atoms with van der Waals surface area (Å²) in [6, 6.07) is 3.56. The minimum Gasteiger partial charge on any atom is -0.346 e. The van der Waals surface area contributed by atoms with Gasteiger partial charge >= 0.3 is 5.69 Å². The highest BCUT2D eigenvalue weighted by atomic mass is 16.2. The van der Waals surface area contributed by atoms with Crippen molar-refractivity contribution in [3.8, 4) is 0 Å². The van der Waals surface area contributed by atoms with E-state index in [1.165, 1.54) is 0 Å². The van der Waals surface area contributed by atoms with Crippen LogP contribution in [-0.2, 0) is 9.59 Å². The Hall–Kier alpha value is -2.90. The molecule has 2 aromatic rings. The standard InChI is InChI=1S/C17H23N5O3/c1-9-7-10(2)15(11(3)8-9)19-14(24)6-5-13(23)18-12(4)16-20-17(25)22-21-16/h7-8,12H,5-6H2,1-4H3,(H,18,23)(H,19,24)(H2,20,21,22,25)/t12-/m0/s1. The van der Waals surface area contributed by atoms with Gasteiger partial charge in [-0.1, -0.05) is 17.7 Å². The Balaban J connectivity index is 1.85. The molecule has 0 radical (unpaired) electrons. The summed E-state index contributed by atoms with van der Waals surface area (Å²) < 4.78 is 0. The van der Waals surface area contributed by atoms with Crippen molar-refractivity contribution in [2.24, 2.45) is 0 Å². The topological polar surface area (TPSA) is 120 Å². The zero-order valence-electron chi connectivity index (χ0n) is 14.8. The lowest BCUT2D eigenvalue weighted by Gasteiger charge is -2.13. The first-order valence-corrected chi connectivity index (χ1v) is 8.08. The number of carbonyl (C=O) groups excluding carboxylic acids is 2. The number of anilines is 1. The van der Waals surface area contributed by atoms with E-state index >= 15 is 0 Å². The molecule has 0 spiro atoms. The third-order valence-electron chi connectivity index (χ3n) is 3.83. The summed E-state index contributed by atoms with van der Waals surface area (Å²) in [5, 5.41) is 11.6. The Morgan fingerprint density at radius 2 is 1.72 bits per heavy atom. The van der Waals surface area contributed by atoms with Gasteiger partial charge in [-0.25, -0.2) is 9.89 Å². The van der Waals surface area contributed by atoms with E-state index in [2.05, 4.69) is 25.8 Å². The molecule has 1 atom stereocenters. The molecule has 0 aliphatic carbocycles. The fourth-order valence-electron chi connectivity index (χ4n) is 2.68. The van der Waals surface area contributed by atoms with Crippen LogP contribution < -0.4 is 16.3 Å². The average Bonchev–Trinajstić information content (AvgIpc) is 2.95. The largest absolute Gasteiger partial charge is 0.346 e. The summed E-state index contributed by atoms with van der Waals surface area (Å²) in [5.74, 6) is -0.163. The van der Waals surface area contributed by atoms with Crippen molar-refractivity contribution in [2.75, 3.05) is 5.32 Å². The summed E-state index contributed by atoms with van der Waals surface area (Å²) >= 11 is 0. The molecule has 0 bridgehead atoms. The molecule has 134 valence electrons. The highest BCUT2D eigenvalue weighted by molar-refractivity contribution is 5.94. The number of H-pyrrole nitrogens is 2. The average molecular weight is 345 g/mol. The number of carbonyl (C=O) groups is 2. The van der Waals surface area contributed by atoms with Crippen LogP contribution in [0.1, 0.15) is 48.3 Å². The molecule has 1 aromatic carbocycles. The molecule has 0 aliphatic rings. The monoisotopic (exact) mass is 345 g/mol. The van der Waals surface area contributed by atoms with Crippen LogP contribution >= 0.6 is 0 Å². The van der Waals surface area contributed by atoms with Gasteiger partial charge in [0, 0.05) is 18.5 Å². The van der Waals surface area contributed by atoms with Gasteiger partial charge in [0.2, 0.25) is 11.8 Å². The Labute approximate surface area is 145 Å². The van der Waals surface area contributed by atoms with Crippen molar-refractivity contribution in [1.29, 1.82) is 0 Å². The van der Waals surface area contributed by atoms with E-state index in [1.807, 2.05) is 32.9 Å². The lowest BCUT2D eigenvalue weighted by molar-refractivity contribution is -0.124. The lowest BCUT2D eigenvalue weighted by Crippen LogP contribution is -2.28. The first kappa shape index (κ1) is 18.4. The quantitative estimate of drug-likeness (QED) is 0.636. The van der Waals surface area contributed by atoms with E-state index in [1.54, 1.807) is 6.92 Å². The molecule has 0 saturated heterocycles. The van der Waals surface area contributed by atoms with Crippen LogP contribution in [0.5, 0.6) is 0 Å². The molecule has 2 amide bonds.